The van der Waals surface area contributed by atoms with E-state index in [1.54, 1.807) is 6.07 Å². The normalized spacial score (nSPS) is 22.5. The fraction of sp³-hybridized carbons (Fsp3) is 0.538. The molecule has 0 amide bonds. The minimum atomic E-state index is -3.42. The summed E-state index contributed by atoms with van der Waals surface area (Å²) in [5.41, 5.74) is 1.05. The molecule has 2 rings (SSSR count). The maximum Gasteiger partial charge on any atom is 0.241 e. The van der Waals surface area contributed by atoms with E-state index in [-0.39, 0.29) is 0 Å². The SMILES string of the molecule is CNCc1ccc(S(=O)(=O)NCC2CC2C)c(Br)c1. The van der Waals surface area contributed by atoms with E-state index < -0.39 is 10.0 Å². The maximum absolute atomic E-state index is 12.2. The van der Waals surface area contributed by atoms with Crippen molar-refractivity contribution in [1.82, 2.24) is 10.0 Å². The molecule has 1 saturated carbocycles. The summed E-state index contributed by atoms with van der Waals surface area (Å²) >= 11 is 3.34. The monoisotopic (exact) mass is 346 g/mol. The Bertz CT molecular complexity index is 560. The molecule has 0 heterocycles. The van der Waals surface area contributed by atoms with Crippen molar-refractivity contribution in [3.05, 3.63) is 28.2 Å². The molecular weight excluding hydrogens is 328 g/mol. The van der Waals surface area contributed by atoms with E-state index in [4.69, 9.17) is 0 Å². The van der Waals surface area contributed by atoms with E-state index in [0.717, 1.165) is 12.0 Å². The number of hydrogen-bond acceptors (Lipinski definition) is 3. The summed E-state index contributed by atoms with van der Waals surface area (Å²) in [4.78, 5) is 0.306. The van der Waals surface area contributed by atoms with Crippen molar-refractivity contribution in [2.45, 2.75) is 24.8 Å². The molecule has 1 fully saturated rings. The molecule has 0 radical (unpaired) electrons. The van der Waals surface area contributed by atoms with Gasteiger partial charge in [-0.3, -0.25) is 0 Å². The zero-order valence-corrected chi connectivity index (χ0v) is 13.5. The molecular formula is C13H19BrN2O2S. The van der Waals surface area contributed by atoms with Crippen LogP contribution in [0.2, 0.25) is 0 Å². The van der Waals surface area contributed by atoms with Gasteiger partial charge in [0.25, 0.3) is 0 Å². The third-order valence-corrected chi connectivity index (χ3v) is 5.88. The molecule has 19 heavy (non-hydrogen) atoms. The Balaban J connectivity index is 2.10. The van der Waals surface area contributed by atoms with Crippen LogP contribution in [0.4, 0.5) is 0 Å². The van der Waals surface area contributed by atoms with Crippen LogP contribution in [0.15, 0.2) is 27.6 Å². The molecule has 0 saturated heterocycles. The number of rotatable bonds is 6. The van der Waals surface area contributed by atoms with Crippen molar-refractivity contribution in [3.63, 3.8) is 0 Å². The lowest BCUT2D eigenvalue weighted by atomic mass is 10.2. The van der Waals surface area contributed by atoms with Crippen LogP contribution in [-0.4, -0.2) is 22.0 Å². The van der Waals surface area contributed by atoms with Crippen LogP contribution in [0.3, 0.4) is 0 Å². The second-order valence-electron chi connectivity index (χ2n) is 5.12. The molecule has 0 spiro atoms. The van der Waals surface area contributed by atoms with Crippen LogP contribution in [-0.2, 0) is 16.6 Å². The van der Waals surface area contributed by atoms with Gasteiger partial charge in [0.2, 0.25) is 10.0 Å². The van der Waals surface area contributed by atoms with Crippen LogP contribution in [0.5, 0.6) is 0 Å². The van der Waals surface area contributed by atoms with E-state index in [2.05, 4.69) is 32.9 Å². The Hall–Kier alpha value is -0.430. The highest BCUT2D eigenvalue weighted by Gasteiger charge is 2.33. The van der Waals surface area contributed by atoms with Gasteiger partial charge in [0.1, 0.15) is 0 Å². The lowest BCUT2D eigenvalue weighted by Crippen LogP contribution is -2.26. The fourth-order valence-electron chi connectivity index (χ4n) is 2.05. The average molecular weight is 347 g/mol. The predicted octanol–water partition coefficient (Wildman–Crippen LogP) is 2.10. The smallest absolute Gasteiger partial charge is 0.241 e. The van der Waals surface area contributed by atoms with Crippen LogP contribution < -0.4 is 10.0 Å². The minimum absolute atomic E-state index is 0.306. The Morgan fingerprint density at radius 2 is 2.11 bits per heavy atom. The Labute approximate surface area is 123 Å². The molecule has 1 aliphatic rings. The molecule has 4 nitrogen and oxygen atoms in total. The maximum atomic E-state index is 12.2. The van der Waals surface area contributed by atoms with Gasteiger partial charge in [0.15, 0.2) is 0 Å². The van der Waals surface area contributed by atoms with Crippen molar-refractivity contribution in [2.24, 2.45) is 11.8 Å². The molecule has 0 aliphatic heterocycles. The molecule has 6 heteroatoms. The summed E-state index contributed by atoms with van der Waals surface area (Å²) in [6, 6.07) is 5.32. The van der Waals surface area contributed by atoms with Gasteiger partial charge in [-0.2, -0.15) is 0 Å². The summed E-state index contributed by atoms with van der Waals surface area (Å²) in [6.45, 7) is 3.39. The standard InChI is InChI=1S/C13H19BrN2O2S/c1-9-5-11(9)8-16-19(17,18)13-4-3-10(7-15-2)6-12(13)14/h3-4,6,9,11,15-16H,5,7-8H2,1-2H3. The highest BCUT2D eigenvalue weighted by molar-refractivity contribution is 9.10. The summed E-state index contributed by atoms with van der Waals surface area (Å²) in [6.07, 6.45) is 1.12. The fourth-order valence-corrected chi connectivity index (χ4v) is 4.27. The van der Waals surface area contributed by atoms with Crippen molar-refractivity contribution in [1.29, 1.82) is 0 Å². The highest BCUT2D eigenvalue weighted by atomic mass is 79.9. The molecule has 2 N–H and O–H groups in total. The van der Waals surface area contributed by atoms with Gasteiger partial charge in [-0.25, -0.2) is 13.1 Å². The van der Waals surface area contributed by atoms with E-state index >= 15 is 0 Å². The molecule has 0 bridgehead atoms. The first-order chi connectivity index (χ1) is 8.94. The molecule has 0 aromatic heterocycles. The van der Waals surface area contributed by atoms with E-state index in [9.17, 15) is 8.42 Å². The molecule has 2 atom stereocenters. The third kappa shape index (κ3) is 3.78. The molecule has 1 aromatic carbocycles. The lowest BCUT2D eigenvalue weighted by Gasteiger charge is -2.09. The van der Waals surface area contributed by atoms with E-state index in [1.165, 1.54) is 0 Å². The first kappa shape index (κ1) is 15.0. The molecule has 1 aromatic rings. The number of sulfonamides is 1. The van der Waals surface area contributed by atoms with Gasteiger partial charge in [-0.05, 0) is 58.9 Å². The lowest BCUT2D eigenvalue weighted by molar-refractivity contribution is 0.574. The van der Waals surface area contributed by atoms with Crippen molar-refractivity contribution < 1.29 is 8.42 Å². The zero-order valence-electron chi connectivity index (χ0n) is 11.1. The largest absolute Gasteiger partial charge is 0.316 e. The van der Waals surface area contributed by atoms with Crippen LogP contribution in [0.1, 0.15) is 18.9 Å². The number of halogens is 1. The van der Waals surface area contributed by atoms with Gasteiger partial charge < -0.3 is 5.32 Å². The van der Waals surface area contributed by atoms with Gasteiger partial charge in [0.05, 0.1) is 4.90 Å². The van der Waals surface area contributed by atoms with Gasteiger partial charge >= 0.3 is 0 Å². The summed E-state index contributed by atoms with van der Waals surface area (Å²) in [5, 5.41) is 3.04. The second-order valence-corrected chi connectivity index (χ2v) is 7.71. The van der Waals surface area contributed by atoms with Gasteiger partial charge in [0, 0.05) is 17.6 Å². The van der Waals surface area contributed by atoms with E-state index in [0.29, 0.717) is 34.3 Å². The number of nitrogens with one attached hydrogen (secondary N) is 2. The Kier molecular flexibility index (Phi) is 4.66. The summed E-state index contributed by atoms with van der Waals surface area (Å²) in [7, 11) is -1.56. The predicted molar refractivity (Wildman–Crippen MR) is 79.4 cm³/mol. The van der Waals surface area contributed by atoms with Crippen LogP contribution in [0.25, 0.3) is 0 Å². The van der Waals surface area contributed by atoms with Gasteiger partial charge in [-0.1, -0.05) is 13.0 Å². The first-order valence-corrected chi connectivity index (χ1v) is 8.64. The molecule has 1 aliphatic carbocycles. The summed E-state index contributed by atoms with van der Waals surface area (Å²) in [5.74, 6) is 1.14. The van der Waals surface area contributed by atoms with Crippen LogP contribution in [0, 0.1) is 11.8 Å². The van der Waals surface area contributed by atoms with Crippen LogP contribution >= 0.6 is 15.9 Å². The Morgan fingerprint density at radius 1 is 1.42 bits per heavy atom. The van der Waals surface area contributed by atoms with Crippen molar-refractivity contribution in [3.8, 4) is 0 Å². The molecule has 106 valence electrons. The van der Waals surface area contributed by atoms with Crippen molar-refractivity contribution in [2.75, 3.05) is 13.6 Å². The highest BCUT2D eigenvalue weighted by Crippen LogP contribution is 2.37. The van der Waals surface area contributed by atoms with Gasteiger partial charge in [-0.15, -0.1) is 0 Å². The first-order valence-electron chi connectivity index (χ1n) is 6.36. The molecule has 2 unspecified atom stereocenters. The number of hydrogen-bond donors (Lipinski definition) is 2. The minimum Gasteiger partial charge on any atom is -0.316 e. The van der Waals surface area contributed by atoms with E-state index in [1.807, 2.05) is 19.2 Å². The summed E-state index contributed by atoms with van der Waals surface area (Å²) < 4.78 is 27.7. The number of benzene rings is 1. The Morgan fingerprint density at radius 3 is 2.63 bits per heavy atom. The zero-order chi connectivity index (χ0) is 14.0. The third-order valence-electron chi connectivity index (χ3n) is 3.48. The quantitative estimate of drug-likeness (QED) is 0.829. The average Bonchev–Trinajstić information content (AvgIpc) is 3.03. The van der Waals surface area contributed by atoms with Crippen molar-refractivity contribution >= 4 is 26.0 Å². The topological polar surface area (TPSA) is 58.2 Å². The second kappa shape index (κ2) is 5.91.